The van der Waals surface area contributed by atoms with E-state index in [2.05, 4.69) is 25.8 Å². The zero-order valence-electron chi connectivity index (χ0n) is 7.48. The van der Waals surface area contributed by atoms with Gasteiger partial charge in [-0.1, -0.05) is 20.3 Å². The highest BCUT2D eigenvalue weighted by molar-refractivity contribution is 4.85. The fourth-order valence-corrected chi connectivity index (χ4v) is 1.70. The first-order valence-corrected chi connectivity index (χ1v) is 4.35. The van der Waals surface area contributed by atoms with Crippen LogP contribution in [0.2, 0.25) is 0 Å². The number of nitrogens with zero attached hydrogens (tertiary/aromatic N) is 1. The molecule has 0 heterocycles. The molecule has 0 aliphatic heterocycles. The van der Waals surface area contributed by atoms with Gasteiger partial charge in [0, 0.05) is 6.54 Å². The van der Waals surface area contributed by atoms with E-state index in [1.54, 1.807) is 0 Å². The van der Waals surface area contributed by atoms with E-state index < -0.39 is 0 Å². The molecule has 0 saturated heterocycles. The highest BCUT2D eigenvalue weighted by atomic mass is 15.1. The molecule has 0 aromatic rings. The van der Waals surface area contributed by atoms with Gasteiger partial charge >= 0.3 is 0 Å². The molecule has 10 heavy (non-hydrogen) atoms. The second kappa shape index (κ2) is 2.91. The molecule has 0 unspecified atom stereocenters. The van der Waals surface area contributed by atoms with Crippen molar-refractivity contribution in [3.8, 4) is 0 Å². The van der Waals surface area contributed by atoms with Crippen LogP contribution in [0.1, 0.15) is 33.1 Å². The first-order chi connectivity index (χ1) is 4.66. The second-order valence-corrected chi connectivity index (χ2v) is 3.99. The molecule has 0 atom stereocenters. The smallest absolute Gasteiger partial charge is 0.00322 e. The highest BCUT2D eigenvalue weighted by Gasteiger charge is 2.32. The molecular formula is C9H19N. The molecule has 0 N–H and O–H groups in total. The Kier molecular flexibility index (Phi) is 2.35. The lowest BCUT2D eigenvalue weighted by molar-refractivity contribution is 0.102. The van der Waals surface area contributed by atoms with Gasteiger partial charge in [-0.25, -0.2) is 0 Å². The van der Waals surface area contributed by atoms with Gasteiger partial charge in [0.15, 0.2) is 0 Å². The van der Waals surface area contributed by atoms with E-state index in [-0.39, 0.29) is 0 Å². The predicted molar refractivity (Wildman–Crippen MR) is 45.1 cm³/mol. The maximum Gasteiger partial charge on any atom is 0.00322 e. The van der Waals surface area contributed by atoms with Crippen LogP contribution in [0.5, 0.6) is 0 Å². The van der Waals surface area contributed by atoms with Gasteiger partial charge in [-0.15, -0.1) is 0 Å². The zero-order chi connectivity index (χ0) is 7.61. The summed E-state index contributed by atoms with van der Waals surface area (Å²) in [6.07, 6.45) is 4.34. The molecule has 1 saturated carbocycles. The van der Waals surface area contributed by atoms with Gasteiger partial charge in [-0.2, -0.15) is 0 Å². The van der Waals surface area contributed by atoms with Crippen molar-refractivity contribution in [3.05, 3.63) is 0 Å². The topological polar surface area (TPSA) is 3.24 Å². The van der Waals surface area contributed by atoms with Gasteiger partial charge in [0.05, 0.1) is 0 Å². The highest BCUT2D eigenvalue weighted by Crippen LogP contribution is 2.40. The van der Waals surface area contributed by atoms with E-state index in [4.69, 9.17) is 0 Å². The summed E-state index contributed by atoms with van der Waals surface area (Å²) in [6.45, 7) is 7.11. The maximum atomic E-state index is 2.42. The lowest BCUT2D eigenvalue weighted by atomic mass is 9.70. The molecule has 0 amide bonds. The predicted octanol–water partition coefficient (Wildman–Crippen LogP) is 2.13. The van der Waals surface area contributed by atoms with Crippen molar-refractivity contribution in [1.29, 1.82) is 0 Å². The Morgan fingerprint density at radius 2 is 2.00 bits per heavy atom. The molecule has 1 nitrogen and oxygen atoms in total. The van der Waals surface area contributed by atoms with Crippen LogP contribution >= 0.6 is 0 Å². The van der Waals surface area contributed by atoms with Crippen LogP contribution in [0.3, 0.4) is 0 Å². The SMILES string of the molecule is CCN(C)CC1(C)CCC1. The molecule has 1 aliphatic carbocycles. The van der Waals surface area contributed by atoms with E-state index in [9.17, 15) is 0 Å². The van der Waals surface area contributed by atoms with Gasteiger partial charge in [0.25, 0.3) is 0 Å². The maximum absolute atomic E-state index is 2.42. The van der Waals surface area contributed by atoms with Crippen LogP contribution < -0.4 is 0 Å². The van der Waals surface area contributed by atoms with Crippen molar-refractivity contribution in [2.45, 2.75) is 33.1 Å². The molecule has 1 aliphatic rings. The minimum Gasteiger partial charge on any atom is -0.306 e. The van der Waals surface area contributed by atoms with Gasteiger partial charge in [-0.05, 0) is 31.8 Å². The first-order valence-electron chi connectivity index (χ1n) is 4.35. The minimum absolute atomic E-state index is 0.671. The molecule has 0 bridgehead atoms. The van der Waals surface area contributed by atoms with Crippen molar-refractivity contribution in [3.63, 3.8) is 0 Å². The first kappa shape index (κ1) is 8.06. The fraction of sp³-hybridized carbons (Fsp3) is 1.00. The molecular weight excluding hydrogens is 122 g/mol. The lowest BCUT2D eigenvalue weighted by Crippen LogP contribution is -2.38. The Balaban J connectivity index is 2.22. The zero-order valence-corrected chi connectivity index (χ0v) is 7.48. The van der Waals surface area contributed by atoms with Crippen molar-refractivity contribution in [2.75, 3.05) is 20.1 Å². The summed E-state index contributed by atoms with van der Waals surface area (Å²) in [4.78, 5) is 2.42. The second-order valence-electron chi connectivity index (χ2n) is 3.99. The van der Waals surface area contributed by atoms with Gasteiger partial charge in [0.1, 0.15) is 0 Å². The Hall–Kier alpha value is -0.0400. The number of hydrogen-bond acceptors (Lipinski definition) is 1. The largest absolute Gasteiger partial charge is 0.306 e. The molecule has 1 rings (SSSR count). The Bertz CT molecular complexity index is 105. The third-order valence-corrected chi connectivity index (χ3v) is 2.75. The van der Waals surface area contributed by atoms with E-state index in [0.717, 1.165) is 0 Å². The van der Waals surface area contributed by atoms with Crippen molar-refractivity contribution in [1.82, 2.24) is 4.90 Å². The fourth-order valence-electron chi connectivity index (χ4n) is 1.70. The van der Waals surface area contributed by atoms with Gasteiger partial charge in [0.2, 0.25) is 0 Å². The number of hydrogen-bond donors (Lipinski definition) is 0. The van der Waals surface area contributed by atoms with E-state index in [0.29, 0.717) is 5.41 Å². The molecule has 1 fully saturated rings. The van der Waals surface area contributed by atoms with Crippen molar-refractivity contribution < 1.29 is 0 Å². The van der Waals surface area contributed by atoms with Crippen LogP contribution in [0.25, 0.3) is 0 Å². The van der Waals surface area contributed by atoms with Crippen LogP contribution in [-0.2, 0) is 0 Å². The van der Waals surface area contributed by atoms with Crippen LogP contribution in [0.4, 0.5) is 0 Å². The Morgan fingerprint density at radius 3 is 2.30 bits per heavy atom. The Labute approximate surface area is 64.4 Å². The van der Waals surface area contributed by atoms with E-state index in [1.807, 2.05) is 0 Å². The average Bonchev–Trinajstić information content (AvgIpc) is 1.84. The summed E-state index contributed by atoms with van der Waals surface area (Å²) >= 11 is 0. The van der Waals surface area contributed by atoms with Crippen LogP contribution in [0.15, 0.2) is 0 Å². The average molecular weight is 141 g/mol. The normalized spacial score (nSPS) is 22.8. The van der Waals surface area contributed by atoms with Crippen LogP contribution in [0, 0.1) is 5.41 Å². The minimum atomic E-state index is 0.671. The Morgan fingerprint density at radius 1 is 1.40 bits per heavy atom. The summed E-state index contributed by atoms with van der Waals surface area (Å²) < 4.78 is 0. The number of rotatable bonds is 3. The third kappa shape index (κ3) is 1.72. The van der Waals surface area contributed by atoms with E-state index in [1.165, 1.54) is 32.4 Å². The molecule has 60 valence electrons. The monoisotopic (exact) mass is 141 g/mol. The summed E-state index contributed by atoms with van der Waals surface area (Å²) in [5.41, 5.74) is 0.671. The quantitative estimate of drug-likeness (QED) is 0.582. The molecule has 1 heteroatoms. The van der Waals surface area contributed by atoms with Gasteiger partial charge < -0.3 is 4.90 Å². The third-order valence-electron chi connectivity index (χ3n) is 2.75. The molecule has 0 aromatic heterocycles. The standard InChI is InChI=1S/C9H19N/c1-4-10(3)8-9(2)6-5-7-9/h4-8H2,1-3H3. The lowest BCUT2D eigenvalue weighted by Gasteiger charge is -2.41. The molecule has 0 spiro atoms. The summed E-state index contributed by atoms with van der Waals surface area (Å²) in [5, 5.41) is 0. The van der Waals surface area contributed by atoms with Crippen LogP contribution in [-0.4, -0.2) is 25.0 Å². The summed E-state index contributed by atoms with van der Waals surface area (Å²) in [7, 11) is 2.21. The molecule has 0 radical (unpaired) electrons. The van der Waals surface area contributed by atoms with Crippen molar-refractivity contribution in [2.24, 2.45) is 5.41 Å². The van der Waals surface area contributed by atoms with Crippen molar-refractivity contribution >= 4 is 0 Å². The van der Waals surface area contributed by atoms with Gasteiger partial charge in [-0.3, -0.25) is 0 Å². The molecule has 0 aromatic carbocycles. The van der Waals surface area contributed by atoms with E-state index >= 15 is 0 Å². The summed E-state index contributed by atoms with van der Waals surface area (Å²) in [5.74, 6) is 0. The summed E-state index contributed by atoms with van der Waals surface area (Å²) in [6, 6.07) is 0.